The Balaban J connectivity index is 2.22. The highest BCUT2D eigenvalue weighted by molar-refractivity contribution is 6.03. The van der Waals surface area contributed by atoms with E-state index < -0.39 is 22.5 Å². The fourth-order valence-electron chi connectivity index (χ4n) is 1.46. The lowest BCUT2D eigenvalue weighted by atomic mass is 10.2. The fraction of sp³-hybridized carbons (Fsp3) is 0. The number of nitrogens with one attached hydrogen (secondary N) is 1. The quantitative estimate of drug-likeness (QED) is 0.387. The van der Waals surface area contributed by atoms with Crippen LogP contribution >= 0.6 is 0 Å². The monoisotopic (exact) mass is 277 g/mol. The molecule has 0 fully saturated rings. The molecule has 1 heterocycles. The number of hydrogen-bond donors (Lipinski definition) is 2. The van der Waals surface area contributed by atoms with Gasteiger partial charge >= 0.3 is 0 Å². The average Bonchev–Trinajstić information content (AvgIpc) is 2.40. The van der Waals surface area contributed by atoms with Gasteiger partial charge in [-0.3, -0.25) is 14.9 Å². The van der Waals surface area contributed by atoms with Crippen molar-refractivity contribution in [3.63, 3.8) is 0 Å². The van der Waals surface area contributed by atoms with Crippen LogP contribution in [0.15, 0.2) is 36.4 Å². The SMILES string of the molecule is O=C(Nc1ccc([N+](=O)[O-])cc1O)c1cccc(F)n1. The van der Waals surface area contributed by atoms with Crippen LogP contribution in [0.4, 0.5) is 15.8 Å². The molecule has 0 aliphatic heterocycles. The van der Waals surface area contributed by atoms with Gasteiger partial charge in [0.1, 0.15) is 11.4 Å². The third-order valence-electron chi connectivity index (χ3n) is 2.39. The molecule has 0 spiro atoms. The van der Waals surface area contributed by atoms with Gasteiger partial charge in [0.15, 0.2) is 0 Å². The summed E-state index contributed by atoms with van der Waals surface area (Å²) >= 11 is 0. The number of halogens is 1. The molecule has 0 saturated carbocycles. The molecule has 0 saturated heterocycles. The van der Waals surface area contributed by atoms with Crippen molar-refractivity contribution in [2.75, 3.05) is 5.32 Å². The van der Waals surface area contributed by atoms with E-state index in [2.05, 4.69) is 10.3 Å². The van der Waals surface area contributed by atoms with E-state index in [4.69, 9.17) is 0 Å². The van der Waals surface area contributed by atoms with Crippen molar-refractivity contribution in [3.05, 3.63) is 58.2 Å². The number of amides is 1. The first kappa shape index (κ1) is 13.4. The summed E-state index contributed by atoms with van der Waals surface area (Å²) in [7, 11) is 0. The molecule has 0 unspecified atom stereocenters. The molecule has 0 aliphatic rings. The number of nitrogens with zero attached hydrogens (tertiary/aromatic N) is 2. The standard InChI is InChI=1S/C12H8FN3O4/c13-11-3-1-2-9(14-11)12(18)15-8-5-4-7(16(19)20)6-10(8)17/h1-6,17H,(H,15,18). The van der Waals surface area contributed by atoms with Crippen LogP contribution in [0.25, 0.3) is 0 Å². The van der Waals surface area contributed by atoms with Gasteiger partial charge in [-0.25, -0.2) is 4.98 Å². The van der Waals surface area contributed by atoms with E-state index in [9.17, 15) is 24.4 Å². The second-order valence-corrected chi connectivity index (χ2v) is 3.76. The third-order valence-corrected chi connectivity index (χ3v) is 2.39. The van der Waals surface area contributed by atoms with Crippen molar-refractivity contribution >= 4 is 17.3 Å². The number of nitro groups is 1. The highest BCUT2D eigenvalue weighted by Gasteiger charge is 2.14. The number of phenols is 1. The average molecular weight is 277 g/mol. The Morgan fingerprint density at radius 3 is 2.70 bits per heavy atom. The zero-order valence-corrected chi connectivity index (χ0v) is 9.91. The Bertz CT molecular complexity index is 690. The number of nitro benzene ring substituents is 1. The van der Waals surface area contributed by atoms with E-state index in [1.165, 1.54) is 18.2 Å². The third kappa shape index (κ3) is 2.86. The van der Waals surface area contributed by atoms with Crippen molar-refractivity contribution in [2.45, 2.75) is 0 Å². The van der Waals surface area contributed by atoms with Crippen molar-refractivity contribution < 1.29 is 19.2 Å². The van der Waals surface area contributed by atoms with Crippen LogP contribution in [0.3, 0.4) is 0 Å². The van der Waals surface area contributed by atoms with Crippen molar-refractivity contribution in [1.29, 1.82) is 0 Å². The molecule has 1 amide bonds. The van der Waals surface area contributed by atoms with Gasteiger partial charge in [-0.15, -0.1) is 0 Å². The predicted octanol–water partition coefficient (Wildman–Crippen LogP) is 2.09. The maximum Gasteiger partial charge on any atom is 0.274 e. The van der Waals surface area contributed by atoms with Crippen LogP contribution in [0.1, 0.15) is 10.5 Å². The first-order valence-electron chi connectivity index (χ1n) is 5.38. The Kier molecular flexibility index (Phi) is 3.56. The minimum atomic E-state index is -0.814. The second kappa shape index (κ2) is 5.31. The lowest BCUT2D eigenvalue weighted by Crippen LogP contribution is -2.14. The van der Waals surface area contributed by atoms with Gasteiger partial charge in [-0.05, 0) is 18.2 Å². The minimum Gasteiger partial charge on any atom is -0.506 e. The number of anilines is 1. The first-order chi connectivity index (χ1) is 9.47. The van der Waals surface area contributed by atoms with Gasteiger partial charge in [-0.2, -0.15) is 4.39 Å². The van der Waals surface area contributed by atoms with Crippen LogP contribution in [0.5, 0.6) is 5.75 Å². The van der Waals surface area contributed by atoms with Gasteiger partial charge < -0.3 is 10.4 Å². The molecular formula is C12H8FN3O4. The van der Waals surface area contributed by atoms with E-state index in [-0.39, 0.29) is 17.1 Å². The number of hydrogen-bond acceptors (Lipinski definition) is 5. The zero-order valence-electron chi connectivity index (χ0n) is 9.91. The predicted molar refractivity (Wildman–Crippen MR) is 66.9 cm³/mol. The van der Waals surface area contributed by atoms with Crippen molar-refractivity contribution in [1.82, 2.24) is 4.98 Å². The van der Waals surface area contributed by atoms with Gasteiger partial charge in [0.2, 0.25) is 5.95 Å². The molecule has 0 aliphatic carbocycles. The molecule has 7 nitrogen and oxygen atoms in total. The first-order valence-corrected chi connectivity index (χ1v) is 5.38. The molecule has 2 aromatic rings. The van der Waals surface area contributed by atoms with Gasteiger partial charge in [-0.1, -0.05) is 6.07 Å². The Hall–Kier alpha value is -3.03. The number of rotatable bonds is 3. The largest absolute Gasteiger partial charge is 0.506 e. The Morgan fingerprint density at radius 1 is 1.35 bits per heavy atom. The highest BCUT2D eigenvalue weighted by atomic mass is 19.1. The van der Waals surface area contributed by atoms with Crippen LogP contribution in [0, 0.1) is 16.1 Å². The Morgan fingerprint density at radius 2 is 2.10 bits per heavy atom. The summed E-state index contributed by atoms with van der Waals surface area (Å²) in [6.07, 6.45) is 0. The van der Waals surface area contributed by atoms with E-state index in [1.54, 1.807) is 0 Å². The number of aromatic hydroxyl groups is 1. The molecule has 102 valence electrons. The van der Waals surface area contributed by atoms with Gasteiger partial charge in [0.25, 0.3) is 11.6 Å². The molecule has 2 rings (SSSR count). The lowest BCUT2D eigenvalue weighted by Gasteiger charge is -2.06. The Labute approximate surface area is 111 Å². The van der Waals surface area contributed by atoms with Crippen LogP contribution in [-0.4, -0.2) is 20.9 Å². The van der Waals surface area contributed by atoms with Gasteiger partial charge in [0.05, 0.1) is 16.7 Å². The van der Waals surface area contributed by atoms with Crippen LogP contribution < -0.4 is 5.32 Å². The molecule has 0 radical (unpaired) electrons. The summed E-state index contributed by atoms with van der Waals surface area (Å²) < 4.78 is 12.9. The maximum absolute atomic E-state index is 12.9. The van der Waals surface area contributed by atoms with E-state index in [0.717, 1.165) is 18.2 Å². The molecule has 1 aromatic heterocycles. The van der Waals surface area contributed by atoms with Crippen molar-refractivity contribution in [3.8, 4) is 5.75 Å². The summed E-state index contributed by atoms with van der Waals surface area (Å²) in [5, 5.41) is 22.4. The zero-order chi connectivity index (χ0) is 14.7. The van der Waals surface area contributed by atoms with Crippen LogP contribution in [-0.2, 0) is 0 Å². The molecule has 20 heavy (non-hydrogen) atoms. The summed E-state index contributed by atoms with van der Waals surface area (Å²) in [6.45, 7) is 0. The highest BCUT2D eigenvalue weighted by Crippen LogP contribution is 2.28. The summed E-state index contributed by atoms with van der Waals surface area (Å²) in [5.41, 5.74) is -0.529. The normalized spacial score (nSPS) is 10.1. The van der Waals surface area contributed by atoms with Crippen LogP contribution in [0.2, 0.25) is 0 Å². The van der Waals surface area contributed by atoms with Gasteiger partial charge in [0, 0.05) is 6.07 Å². The number of phenolic OH excluding ortho intramolecular Hbond substituents is 1. The van der Waals surface area contributed by atoms with E-state index in [1.807, 2.05) is 0 Å². The smallest absolute Gasteiger partial charge is 0.274 e. The van der Waals surface area contributed by atoms with E-state index >= 15 is 0 Å². The number of benzene rings is 1. The molecule has 1 aromatic carbocycles. The number of aromatic nitrogens is 1. The molecule has 8 heteroatoms. The summed E-state index contributed by atoms with van der Waals surface area (Å²) in [4.78, 5) is 24.9. The summed E-state index contributed by atoms with van der Waals surface area (Å²) in [6, 6.07) is 6.88. The van der Waals surface area contributed by atoms with E-state index in [0.29, 0.717) is 0 Å². The topological polar surface area (TPSA) is 105 Å². The molecule has 0 bridgehead atoms. The number of carbonyl (C=O) groups excluding carboxylic acids is 1. The summed E-state index contributed by atoms with van der Waals surface area (Å²) in [5.74, 6) is -2.02. The second-order valence-electron chi connectivity index (χ2n) is 3.76. The molecule has 2 N–H and O–H groups in total. The number of non-ortho nitro benzene ring substituents is 1. The lowest BCUT2D eigenvalue weighted by molar-refractivity contribution is -0.384. The number of pyridine rings is 1. The number of carbonyl (C=O) groups is 1. The minimum absolute atomic E-state index is 0.0355. The molecule has 0 atom stereocenters. The molecular weight excluding hydrogens is 269 g/mol. The maximum atomic E-state index is 12.9. The van der Waals surface area contributed by atoms with Crippen molar-refractivity contribution in [2.24, 2.45) is 0 Å². The fourth-order valence-corrected chi connectivity index (χ4v) is 1.46.